The van der Waals surface area contributed by atoms with Crippen LogP contribution in [0.5, 0.6) is 0 Å². The van der Waals surface area contributed by atoms with Gasteiger partial charge in [-0.1, -0.05) is 29.8 Å². The molecule has 0 fully saturated rings. The van der Waals surface area contributed by atoms with E-state index in [-0.39, 0.29) is 5.91 Å². The van der Waals surface area contributed by atoms with Crippen LogP contribution in [0, 0.1) is 3.57 Å². The lowest BCUT2D eigenvalue weighted by molar-refractivity contribution is 0.0763. The van der Waals surface area contributed by atoms with Crippen LogP contribution in [0.4, 0.5) is 0 Å². The van der Waals surface area contributed by atoms with Crippen molar-refractivity contribution in [3.05, 3.63) is 67.4 Å². The van der Waals surface area contributed by atoms with Crippen LogP contribution in [-0.2, 0) is 6.54 Å². The summed E-state index contributed by atoms with van der Waals surface area (Å²) >= 11 is 9.61. The van der Waals surface area contributed by atoms with Gasteiger partial charge in [-0.15, -0.1) is 17.9 Å². The van der Waals surface area contributed by atoms with Gasteiger partial charge < -0.3 is 4.90 Å². The van der Waals surface area contributed by atoms with E-state index in [1.807, 2.05) is 36.4 Å². The van der Waals surface area contributed by atoms with Gasteiger partial charge in [-0.25, -0.2) is 0 Å². The Balaban J connectivity index is 2.22. The van der Waals surface area contributed by atoms with Crippen molar-refractivity contribution >= 4 is 51.4 Å². The third-order valence-electron chi connectivity index (χ3n) is 2.72. The zero-order valence-corrected chi connectivity index (χ0v) is 14.4. The lowest BCUT2D eigenvalue weighted by Gasteiger charge is -2.21. The molecule has 0 N–H and O–H groups in total. The highest BCUT2D eigenvalue weighted by Gasteiger charge is 2.17. The summed E-state index contributed by atoms with van der Waals surface area (Å²) in [6.45, 7) is 4.79. The van der Waals surface area contributed by atoms with Crippen LogP contribution in [-0.4, -0.2) is 17.4 Å². The number of hydrogen-bond acceptors (Lipinski definition) is 2. The van der Waals surface area contributed by atoms with Crippen LogP contribution in [0.2, 0.25) is 4.34 Å². The second-order valence-corrected chi connectivity index (χ2v) is 7.12. The zero-order chi connectivity index (χ0) is 14.5. The normalized spacial score (nSPS) is 10.3. The Bertz CT molecular complexity index is 626. The second-order valence-electron chi connectivity index (χ2n) is 4.16. The SMILES string of the molecule is C=CCN(Cc1ccc(Cl)s1)C(=O)c1ccccc1I. The third kappa shape index (κ3) is 3.84. The number of halogens is 2. The Kier molecular flexibility index (Phi) is 5.63. The minimum atomic E-state index is 0.0134. The molecule has 1 heterocycles. The van der Waals surface area contributed by atoms with E-state index in [4.69, 9.17) is 11.6 Å². The molecule has 0 aliphatic rings. The van der Waals surface area contributed by atoms with E-state index in [0.717, 1.165) is 18.3 Å². The summed E-state index contributed by atoms with van der Waals surface area (Å²) in [6, 6.07) is 11.4. The molecular formula is C15H13ClINOS. The molecule has 1 aromatic heterocycles. The van der Waals surface area contributed by atoms with Crippen LogP contribution in [0.3, 0.4) is 0 Å². The third-order valence-corrected chi connectivity index (χ3v) is 4.87. The maximum Gasteiger partial charge on any atom is 0.255 e. The lowest BCUT2D eigenvalue weighted by atomic mass is 10.2. The number of benzene rings is 1. The number of hydrogen-bond donors (Lipinski definition) is 0. The summed E-state index contributed by atoms with van der Waals surface area (Å²) in [7, 11) is 0. The van der Waals surface area contributed by atoms with Gasteiger partial charge >= 0.3 is 0 Å². The van der Waals surface area contributed by atoms with Gasteiger partial charge in [-0.2, -0.15) is 0 Å². The molecule has 2 aromatic rings. The highest BCUT2D eigenvalue weighted by Crippen LogP contribution is 2.24. The van der Waals surface area contributed by atoms with E-state index in [9.17, 15) is 4.79 Å². The molecule has 0 saturated carbocycles. The van der Waals surface area contributed by atoms with Gasteiger partial charge in [-0.3, -0.25) is 4.79 Å². The van der Waals surface area contributed by atoms with Gasteiger partial charge in [0.2, 0.25) is 0 Å². The first-order chi connectivity index (χ1) is 9.61. The molecule has 2 rings (SSSR count). The van der Waals surface area contributed by atoms with Gasteiger partial charge in [0.1, 0.15) is 0 Å². The number of carbonyl (C=O) groups is 1. The molecule has 1 amide bonds. The first kappa shape index (κ1) is 15.5. The molecule has 0 radical (unpaired) electrons. The maximum absolute atomic E-state index is 12.6. The molecule has 2 nitrogen and oxygen atoms in total. The molecule has 0 saturated heterocycles. The molecule has 0 unspecified atom stereocenters. The van der Waals surface area contributed by atoms with Gasteiger partial charge in [0.15, 0.2) is 0 Å². The summed E-state index contributed by atoms with van der Waals surface area (Å²) in [4.78, 5) is 15.4. The van der Waals surface area contributed by atoms with Crippen molar-refractivity contribution in [3.63, 3.8) is 0 Å². The predicted molar refractivity (Wildman–Crippen MR) is 93.4 cm³/mol. The van der Waals surface area contributed by atoms with Crippen molar-refractivity contribution in [2.24, 2.45) is 0 Å². The molecule has 1 aromatic carbocycles. The highest BCUT2D eigenvalue weighted by molar-refractivity contribution is 14.1. The summed E-state index contributed by atoms with van der Waals surface area (Å²) in [5.74, 6) is 0.0134. The molecular weight excluding hydrogens is 405 g/mol. The Labute approximate surface area is 141 Å². The first-order valence-electron chi connectivity index (χ1n) is 6.00. The van der Waals surface area contributed by atoms with E-state index in [1.54, 1.807) is 11.0 Å². The minimum Gasteiger partial charge on any atom is -0.330 e. The number of carbonyl (C=O) groups excluding carboxylic acids is 1. The van der Waals surface area contributed by atoms with Crippen LogP contribution >= 0.6 is 45.5 Å². The molecule has 104 valence electrons. The minimum absolute atomic E-state index is 0.0134. The molecule has 0 spiro atoms. The van der Waals surface area contributed by atoms with Gasteiger partial charge in [0.25, 0.3) is 5.91 Å². The average molecular weight is 418 g/mol. The number of rotatable bonds is 5. The van der Waals surface area contributed by atoms with Gasteiger partial charge in [-0.05, 0) is 46.9 Å². The van der Waals surface area contributed by atoms with E-state index < -0.39 is 0 Å². The summed E-state index contributed by atoms with van der Waals surface area (Å²) in [5, 5.41) is 0. The Hall–Kier alpha value is -0.850. The van der Waals surface area contributed by atoms with Crippen molar-refractivity contribution in [1.82, 2.24) is 4.90 Å². The average Bonchev–Trinajstić information content (AvgIpc) is 2.83. The van der Waals surface area contributed by atoms with Gasteiger partial charge in [0.05, 0.1) is 16.4 Å². The zero-order valence-electron chi connectivity index (χ0n) is 10.7. The van der Waals surface area contributed by atoms with Crippen molar-refractivity contribution in [2.75, 3.05) is 6.54 Å². The van der Waals surface area contributed by atoms with E-state index >= 15 is 0 Å². The Morgan fingerprint density at radius 3 is 2.70 bits per heavy atom. The molecule has 0 aliphatic heterocycles. The highest BCUT2D eigenvalue weighted by atomic mass is 127. The van der Waals surface area contributed by atoms with E-state index in [1.165, 1.54) is 11.3 Å². The Morgan fingerprint density at radius 2 is 2.10 bits per heavy atom. The van der Waals surface area contributed by atoms with Crippen LogP contribution in [0.25, 0.3) is 0 Å². The van der Waals surface area contributed by atoms with Crippen molar-refractivity contribution in [2.45, 2.75) is 6.54 Å². The standard InChI is InChI=1S/C15H13ClINOS/c1-2-9-18(10-11-7-8-14(16)20-11)15(19)12-5-3-4-6-13(12)17/h2-8H,1,9-10H2. The van der Waals surface area contributed by atoms with Gasteiger partial charge in [0, 0.05) is 15.0 Å². The fourth-order valence-electron chi connectivity index (χ4n) is 1.80. The quantitative estimate of drug-likeness (QED) is 0.504. The van der Waals surface area contributed by atoms with E-state index in [0.29, 0.717) is 13.1 Å². The van der Waals surface area contributed by atoms with E-state index in [2.05, 4.69) is 29.2 Å². The second kappa shape index (κ2) is 7.24. The molecule has 0 atom stereocenters. The number of thiophene rings is 1. The molecule has 0 aliphatic carbocycles. The van der Waals surface area contributed by atoms with Crippen molar-refractivity contribution in [1.29, 1.82) is 0 Å². The fourth-order valence-corrected chi connectivity index (χ4v) is 3.53. The maximum atomic E-state index is 12.6. The van der Waals surface area contributed by atoms with Crippen LogP contribution in [0.15, 0.2) is 49.1 Å². The number of nitrogens with zero attached hydrogens (tertiary/aromatic N) is 1. The fraction of sp³-hybridized carbons (Fsp3) is 0.133. The monoisotopic (exact) mass is 417 g/mol. The largest absolute Gasteiger partial charge is 0.330 e. The first-order valence-corrected chi connectivity index (χ1v) is 8.28. The molecule has 20 heavy (non-hydrogen) atoms. The smallest absolute Gasteiger partial charge is 0.255 e. The summed E-state index contributed by atoms with van der Waals surface area (Å²) in [6.07, 6.45) is 1.74. The lowest BCUT2D eigenvalue weighted by Crippen LogP contribution is -2.30. The summed E-state index contributed by atoms with van der Waals surface area (Å²) < 4.78 is 1.69. The van der Waals surface area contributed by atoms with Crippen LogP contribution < -0.4 is 0 Å². The topological polar surface area (TPSA) is 20.3 Å². The molecule has 0 bridgehead atoms. The number of amides is 1. The van der Waals surface area contributed by atoms with Crippen molar-refractivity contribution < 1.29 is 4.79 Å². The van der Waals surface area contributed by atoms with Crippen LogP contribution in [0.1, 0.15) is 15.2 Å². The van der Waals surface area contributed by atoms with Crippen molar-refractivity contribution in [3.8, 4) is 0 Å². The predicted octanol–water partition coefficient (Wildman–Crippen LogP) is 4.83. The summed E-state index contributed by atoms with van der Waals surface area (Å²) in [5.41, 5.74) is 0.720. The Morgan fingerprint density at radius 1 is 1.35 bits per heavy atom. The molecule has 5 heteroatoms.